The van der Waals surface area contributed by atoms with Gasteiger partial charge in [0.05, 0.1) is 11.5 Å². The molecule has 0 spiro atoms. The molecule has 38 heavy (non-hydrogen) atoms. The van der Waals surface area contributed by atoms with Crippen molar-refractivity contribution in [1.82, 2.24) is 10.3 Å². The van der Waals surface area contributed by atoms with Crippen LogP contribution in [0.25, 0.3) is 0 Å². The van der Waals surface area contributed by atoms with Gasteiger partial charge in [-0.15, -0.1) is 0 Å². The number of rotatable bonds is 13. The molecular weight excluding hydrogens is 494 g/mol. The lowest BCUT2D eigenvalue weighted by Crippen LogP contribution is -2.44. The van der Waals surface area contributed by atoms with E-state index in [9.17, 15) is 19.2 Å². The Kier molecular flexibility index (Phi) is 11.1. The van der Waals surface area contributed by atoms with Crippen LogP contribution in [-0.2, 0) is 19.1 Å². The van der Waals surface area contributed by atoms with Crippen LogP contribution in [0.15, 0.2) is 42.6 Å². The molecule has 0 fully saturated rings. The summed E-state index contributed by atoms with van der Waals surface area (Å²) in [6, 6.07) is 9.35. The first-order valence-corrected chi connectivity index (χ1v) is 12.2. The molecule has 0 aliphatic carbocycles. The summed E-state index contributed by atoms with van der Waals surface area (Å²) in [5, 5.41) is 2.49. The van der Waals surface area contributed by atoms with Crippen LogP contribution in [0.1, 0.15) is 62.4 Å². The molecule has 0 aliphatic heterocycles. The topological polar surface area (TPSA) is 156 Å². The average molecular weight is 530 g/mol. The molecule has 0 saturated heterocycles. The van der Waals surface area contributed by atoms with E-state index >= 15 is 0 Å². The number of nitrogens with two attached hydrogens (primary N) is 1. The number of primary amides is 1. The number of hydrogen-bond acceptors (Lipinski definition) is 9. The highest BCUT2D eigenvalue weighted by Gasteiger charge is 2.30. The van der Waals surface area contributed by atoms with Crippen molar-refractivity contribution in [1.29, 1.82) is 0 Å². The molecular formula is C27H35N3O8. The molecule has 2 unspecified atom stereocenters. The molecule has 0 radical (unpaired) electrons. The zero-order valence-corrected chi connectivity index (χ0v) is 22.4. The largest absolute Gasteiger partial charge is 0.486 e. The first-order chi connectivity index (χ1) is 17.9. The van der Waals surface area contributed by atoms with E-state index in [1.807, 2.05) is 44.2 Å². The van der Waals surface area contributed by atoms with Crippen LogP contribution in [0.2, 0.25) is 0 Å². The van der Waals surface area contributed by atoms with Crippen molar-refractivity contribution < 1.29 is 38.1 Å². The monoisotopic (exact) mass is 529 g/mol. The quantitative estimate of drug-likeness (QED) is 0.294. The molecule has 11 nitrogen and oxygen atoms in total. The van der Waals surface area contributed by atoms with E-state index in [0.717, 1.165) is 0 Å². The Bertz CT molecular complexity index is 1120. The number of aromatic nitrogens is 1. The Balaban J connectivity index is 2.11. The molecule has 0 bridgehead atoms. The number of pyridine rings is 1. The van der Waals surface area contributed by atoms with Crippen LogP contribution in [-0.4, -0.2) is 53.8 Å². The van der Waals surface area contributed by atoms with Gasteiger partial charge >= 0.3 is 11.9 Å². The first kappa shape index (κ1) is 30.1. The van der Waals surface area contributed by atoms with Gasteiger partial charge in [-0.2, -0.15) is 0 Å². The van der Waals surface area contributed by atoms with Crippen LogP contribution in [0.3, 0.4) is 0 Å². The van der Waals surface area contributed by atoms with E-state index in [2.05, 4.69) is 10.3 Å². The van der Waals surface area contributed by atoms with Crippen molar-refractivity contribution in [3.63, 3.8) is 0 Å². The number of ether oxygens (including phenoxy) is 4. The molecule has 11 heteroatoms. The summed E-state index contributed by atoms with van der Waals surface area (Å²) >= 11 is 0. The van der Waals surface area contributed by atoms with Gasteiger partial charge in [0, 0.05) is 6.20 Å². The Morgan fingerprint density at radius 3 is 2.18 bits per heavy atom. The van der Waals surface area contributed by atoms with Gasteiger partial charge in [-0.25, -0.2) is 9.78 Å². The highest BCUT2D eigenvalue weighted by atomic mass is 16.7. The van der Waals surface area contributed by atoms with Gasteiger partial charge in [0.2, 0.25) is 6.79 Å². The predicted octanol–water partition coefficient (Wildman–Crippen LogP) is 2.87. The summed E-state index contributed by atoms with van der Waals surface area (Å²) in [6.07, 6.45) is 0.126. The number of nitrogens with one attached hydrogen (secondary N) is 1. The molecule has 2 aromatic rings. The average Bonchev–Trinajstić information content (AvgIpc) is 2.87. The van der Waals surface area contributed by atoms with E-state index in [0.29, 0.717) is 5.75 Å². The third-order valence-corrected chi connectivity index (χ3v) is 5.40. The highest BCUT2D eigenvalue weighted by molar-refractivity contribution is 6.03. The third-order valence-electron chi connectivity index (χ3n) is 5.40. The maximum atomic E-state index is 13.0. The van der Waals surface area contributed by atoms with E-state index in [1.165, 1.54) is 19.2 Å². The minimum absolute atomic E-state index is 0.0214. The van der Waals surface area contributed by atoms with Crippen molar-refractivity contribution >= 4 is 23.8 Å². The van der Waals surface area contributed by atoms with E-state index in [4.69, 9.17) is 24.7 Å². The van der Waals surface area contributed by atoms with Crippen LogP contribution in [0.4, 0.5) is 0 Å². The fraction of sp³-hybridized carbons (Fsp3) is 0.444. The third kappa shape index (κ3) is 8.46. The van der Waals surface area contributed by atoms with Crippen molar-refractivity contribution in [2.45, 2.75) is 59.8 Å². The summed E-state index contributed by atoms with van der Waals surface area (Å²) < 4.78 is 22.0. The number of amides is 2. The summed E-state index contributed by atoms with van der Waals surface area (Å²) in [5.74, 6) is -2.97. The molecule has 2 rings (SSSR count). The number of hydrogen-bond donors (Lipinski definition) is 2. The van der Waals surface area contributed by atoms with E-state index in [1.54, 1.807) is 20.8 Å². The molecule has 1 aromatic carbocycles. The maximum absolute atomic E-state index is 13.0. The van der Waals surface area contributed by atoms with Crippen molar-refractivity contribution in [2.75, 3.05) is 6.79 Å². The van der Waals surface area contributed by atoms with Gasteiger partial charge < -0.3 is 30.0 Å². The molecule has 3 N–H and O–H groups in total. The number of esters is 2. The molecule has 3 atom stereocenters. The van der Waals surface area contributed by atoms with Gasteiger partial charge in [0.25, 0.3) is 11.8 Å². The van der Waals surface area contributed by atoms with Crippen LogP contribution < -0.4 is 20.5 Å². The first-order valence-electron chi connectivity index (χ1n) is 12.2. The summed E-state index contributed by atoms with van der Waals surface area (Å²) in [7, 11) is 0. The number of para-hydroxylation sites is 1. The number of nitrogens with zero attached hydrogens (tertiary/aromatic N) is 1. The van der Waals surface area contributed by atoms with Gasteiger partial charge in [0.1, 0.15) is 24.0 Å². The molecule has 1 heterocycles. The number of carbonyl (C=O) groups excluding carboxylic acids is 4. The Morgan fingerprint density at radius 2 is 1.61 bits per heavy atom. The van der Waals surface area contributed by atoms with Gasteiger partial charge in [-0.05, 0) is 38.0 Å². The molecule has 0 aliphatic rings. The standard InChI is InChI=1S/C27H35N3O8/c1-15(2)22(38-19-10-8-7-9-11-19)18(6)37-27(34)17(5)30-25(32)21-23(20(24(28)31)12-13-29-21)35-14-36-26(33)16(3)4/h7-13,15-18,22H,14H2,1-6H3,(H2,28,31)(H,30,32)/t17-,18?,22?/m0/s1. The van der Waals surface area contributed by atoms with Crippen LogP contribution >= 0.6 is 0 Å². The minimum atomic E-state index is -1.08. The highest BCUT2D eigenvalue weighted by Crippen LogP contribution is 2.23. The summed E-state index contributed by atoms with van der Waals surface area (Å²) in [5.41, 5.74) is 4.94. The smallest absolute Gasteiger partial charge is 0.328 e. The second-order valence-electron chi connectivity index (χ2n) is 9.26. The van der Waals surface area contributed by atoms with Crippen molar-refractivity contribution in [3.8, 4) is 11.5 Å². The lowest BCUT2D eigenvalue weighted by atomic mass is 10.0. The minimum Gasteiger partial charge on any atom is -0.486 e. The fourth-order valence-electron chi connectivity index (χ4n) is 3.37. The lowest BCUT2D eigenvalue weighted by molar-refractivity contribution is -0.156. The normalized spacial score (nSPS) is 13.3. The maximum Gasteiger partial charge on any atom is 0.328 e. The number of carbonyl (C=O) groups is 4. The zero-order chi connectivity index (χ0) is 28.4. The second-order valence-corrected chi connectivity index (χ2v) is 9.26. The molecule has 0 saturated carbocycles. The van der Waals surface area contributed by atoms with Gasteiger partial charge in [-0.3, -0.25) is 14.4 Å². The molecule has 206 valence electrons. The van der Waals surface area contributed by atoms with Gasteiger partial charge in [-0.1, -0.05) is 45.9 Å². The van der Waals surface area contributed by atoms with E-state index in [-0.39, 0.29) is 22.9 Å². The van der Waals surface area contributed by atoms with Crippen molar-refractivity contribution in [3.05, 3.63) is 53.9 Å². The molecule has 2 amide bonds. The fourth-order valence-corrected chi connectivity index (χ4v) is 3.37. The zero-order valence-electron chi connectivity index (χ0n) is 22.4. The number of benzene rings is 1. The SMILES string of the molecule is CC(C)C(=O)OCOc1c(C(N)=O)ccnc1C(=O)N[C@@H](C)C(=O)OC(C)C(Oc1ccccc1)C(C)C. The summed E-state index contributed by atoms with van der Waals surface area (Å²) in [4.78, 5) is 53.4. The Labute approximate surface area is 222 Å². The van der Waals surface area contributed by atoms with Crippen molar-refractivity contribution in [2.24, 2.45) is 17.6 Å². The van der Waals surface area contributed by atoms with E-state index < -0.39 is 54.7 Å². The van der Waals surface area contributed by atoms with Crippen LogP contribution in [0, 0.1) is 11.8 Å². The van der Waals surface area contributed by atoms with Crippen LogP contribution in [0.5, 0.6) is 11.5 Å². The predicted molar refractivity (Wildman–Crippen MR) is 137 cm³/mol. The second kappa shape index (κ2) is 14.0. The lowest BCUT2D eigenvalue weighted by Gasteiger charge is -2.29. The summed E-state index contributed by atoms with van der Waals surface area (Å²) in [6.45, 7) is 9.75. The Morgan fingerprint density at radius 1 is 0.947 bits per heavy atom. The van der Waals surface area contributed by atoms with Gasteiger partial charge in [0.15, 0.2) is 11.4 Å². The Hall–Kier alpha value is -4.15. The molecule has 1 aromatic heterocycles.